The zero-order valence-electron chi connectivity index (χ0n) is 11.3. The number of benzene rings is 1. The van der Waals surface area contributed by atoms with Gasteiger partial charge in [-0.05, 0) is 31.0 Å². The minimum Gasteiger partial charge on any atom is -0.508 e. The van der Waals surface area contributed by atoms with Crippen LogP contribution < -0.4 is 0 Å². The Morgan fingerprint density at radius 1 is 1.26 bits per heavy atom. The second kappa shape index (κ2) is 6.88. The van der Waals surface area contributed by atoms with E-state index in [9.17, 15) is 13.5 Å². The van der Waals surface area contributed by atoms with E-state index in [1.807, 2.05) is 13.8 Å². The first-order valence-electron chi connectivity index (χ1n) is 6.39. The average molecular weight is 287 g/mol. The van der Waals surface area contributed by atoms with Crippen LogP contribution >= 0.6 is 0 Å². The third-order valence-corrected chi connectivity index (χ3v) is 5.04. The second-order valence-corrected chi connectivity index (χ2v) is 6.20. The molecule has 0 radical (unpaired) electrons. The summed E-state index contributed by atoms with van der Waals surface area (Å²) in [5, 5.41) is 18.5. The molecule has 0 amide bonds. The SMILES string of the molecule is CCC(CC)N(CCO)S(=O)(=O)c1cccc(O)c1. The molecule has 1 rings (SSSR count). The van der Waals surface area contributed by atoms with Crippen LogP contribution in [-0.2, 0) is 10.0 Å². The fourth-order valence-corrected chi connectivity index (χ4v) is 3.88. The number of hydrogen-bond donors (Lipinski definition) is 2. The Bertz CT molecular complexity index is 497. The number of aliphatic hydroxyl groups excluding tert-OH is 1. The van der Waals surface area contributed by atoms with Gasteiger partial charge in [-0.25, -0.2) is 8.42 Å². The normalized spacial score (nSPS) is 12.3. The van der Waals surface area contributed by atoms with Crippen LogP contribution in [0.3, 0.4) is 0 Å². The van der Waals surface area contributed by atoms with Crippen molar-refractivity contribution in [3.8, 4) is 5.75 Å². The molecule has 0 fully saturated rings. The van der Waals surface area contributed by atoms with Crippen molar-refractivity contribution >= 4 is 10.0 Å². The standard InChI is InChI=1S/C13H21NO4S/c1-3-11(4-2)14(8-9-15)19(17,18)13-7-5-6-12(16)10-13/h5-7,10-11,15-16H,3-4,8-9H2,1-2H3. The van der Waals surface area contributed by atoms with E-state index in [-0.39, 0.29) is 29.8 Å². The monoisotopic (exact) mass is 287 g/mol. The molecule has 0 aliphatic carbocycles. The van der Waals surface area contributed by atoms with Crippen molar-refractivity contribution < 1.29 is 18.6 Å². The lowest BCUT2D eigenvalue weighted by atomic mass is 10.2. The molecule has 6 heteroatoms. The first kappa shape index (κ1) is 15.9. The first-order valence-corrected chi connectivity index (χ1v) is 7.83. The molecule has 0 aliphatic heterocycles. The quantitative estimate of drug-likeness (QED) is 0.798. The number of hydrogen-bond acceptors (Lipinski definition) is 4. The lowest BCUT2D eigenvalue weighted by molar-refractivity contribution is 0.219. The van der Waals surface area contributed by atoms with Gasteiger partial charge in [0.2, 0.25) is 10.0 Å². The maximum absolute atomic E-state index is 12.5. The number of aromatic hydroxyl groups is 1. The molecule has 0 saturated carbocycles. The molecule has 0 heterocycles. The molecule has 0 aromatic heterocycles. The average Bonchev–Trinajstić information content (AvgIpc) is 2.39. The molecule has 1 aromatic carbocycles. The molecule has 0 bridgehead atoms. The number of nitrogens with zero attached hydrogens (tertiary/aromatic N) is 1. The van der Waals surface area contributed by atoms with Crippen LogP contribution in [0.25, 0.3) is 0 Å². The lowest BCUT2D eigenvalue weighted by Crippen LogP contribution is -2.41. The van der Waals surface area contributed by atoms with Crippen molar-refractivity contribution in [1.82, 2.24) is 4.31 Å². The summed E-state index contributed by atoms with van der Waals surface area (Å²) in [7, 11) is -3.70. The zero-order chi connectivity index (χ0) is 14.5. The number of aliphatic hydroxyl groups is 1. The number of rotatable bonds is 7. The van der Waals surface area contributed by atoms with Gasteiger partial charge in [0.25, 0.3) is 0 Å². The van der Waals surface area contributed by atoms with Crippen LogP contribution in [0.1, 0.15) is 26.7 Å². The zero-order valence-corrected chi connectivity index (χ0v) is 12.1. The van der Waals surface area contributed by atoms with Crippen LogP contribution in [-0.4, -0.2) is 42.1 Å². The summed E-state index contributed by atoms with van der Waals surface area (Å²) in [6.07, 6.45) is 1.35. The van der Waals surface area contributed by atoms with E-state index >= 15 is 0 Å². The highest BCUT2D eigenvalue weighted by Gasteiger charge is 2.29. The highest BCUT2D eigenvalue weighted by atomic mass is 32.2. The summed E-state index contributed by atoms with van der Waals surface area (Å²) < 4.78 is 26.4. The second-order valence-electron chi connectivity index (χ2n) is 4.31. The fourth-order valence-electron chi connectivity index (χ4n) is 2.07. The van der Waals surface area contributed by atoms with Crippen molar-refractivity contribution in [2.75, 3.05) is 13.2 Å². The summed E-state index contributed by atoms with van der Waals surface area (Å²) in [6.45, 7) is 3.66. The Labute approximate surface area is 114 Å². The number of phenols is 1. The highest BCUT2D eigenvalue weighted by Crippen LogP contribution is 2.23. The molecular formula is C13H21NO4S. The third kappa shape index (κ3) is 3.68. The van der Waals surface area contributed by atoms with Crippen molar-refractivity contribution in [3.05, 3.63) is 24.3 Å². The van der Waals surface area contributed by atoms with E-state index in [1.54, 1.807) is 0 Å². The number of phenolic OH excluding ortho intramolecular Hbond substituents is 1. The van der Waals surface area contributed by atoms with Gasteiger partial charge in [-0.15, -0.1) is 0 Å². The van der Waals surface area contributed by atoms with E-state index in [0.29, 0.717) is 12.8 Å². The molecule has 108 valence electrons. The van der Waals surface area contributed by atoms with Gasteiger partial charge in [-0.2, -0.15) is 4.31 Å². The molecule has 5 nitrogen and oxygen atoms in total. The van der Waals surface area contributed by atoms with Crippen LogP contribution in [0.5, 0.6) is 5.75 Å². The van der Waals surface area contributed by atoms with E-state index in [0.717, 1.165) is 0 Å². The summed E-state index contributed by atoms with van der Waals surface area (Å²) in [4.78, 5) is 0.0489. The Morgan fingerprint density at radius 3 is 2.37 bits per heavy atom. The fraction of sp³-hybridized carbons (Fsp3) is 0.538. The van der Waals surface area contributed by atoms with Crippen molar-refractivity contribution in [1.29, 1.82) is 0 Å². The maximum atomic E-state index is 12.5. The molecular weight excluding hydrogens is 266 g/mol. The summed E-state index contributed by atoms with van der Waals surface area (Å²) in [5.74, 6) is -0.0884. The molecule has 1 aromatic rings. The van der Waals surface area contributed by atoms with E-state index in [1.165, 1.54) is 28.6 Å². The predicted octanol–water partition coefficient (Wildman–Crippen LogP) is 1.56. The van der Waals surface area contributed by atoms with Crippen molar-refractivity contribution in [2.24, 2.45) is 0 Å². The van der Waals surface area contributed by atoms with Crippen LogP contribution in [0.2, 0.25) is 0 Å². The topological polar surface area (TPSA) is 77.8 Å². The van der Waals surface area contributed by atoms with Gasteiger partial charge < -0.3 is 10.2 Å². The summed E-state index contributed by atoms with van der Waals surface area (Å²) in [6, 6.07) is 5.43. The smallest absolute Gasteiger partial charge is 0.243 e. The van der Waals surface area contributed by atoms with E-state index < -0.39 is 10.0 Å². The maximum Gasteiger partial charge on any atom is 0.243 e. The van der Waals surface area contributed by atoms with Gasteiger partial charge in [0.15, 0.2) is 0 Å². The molecule has 2 N–H and O–H groups in total. The Kier molecular flexibility index (Phi) is 5.78. The van der Waals surface area contributed by atoms with Crippen LogP contribution in [0.15, 0.2) is 29.2 Å². The molecule has 0 atom stereocenters. The Balaban J connectivity index is 3.19. The predicted molar refractivity (Wildman–Crippen MR) is 73.5 cm³/mol. The van der Waals surface area contributed by atoms with Gasteiger partial charge in [-0.3, -0.25) is 0 Å². The molecule has 0 spiro atoms. The largest absolute Gasteiger partial charge is 0.508 e. The summed E-state index contributed by atoms with van der Waals surface area (Å²) in [5.41, 5.74) is 0. The highest BCUT2D eigenvalue weighted by molar-refractivity contribution is 7.89. The molecule has 0 saturated heterocycles. The van der Waals surface area contributed by atoms with Gasteiger partial charge in [0.05, 0.1) is 11.5 Å². The molecule has 19 heavy (non-hydrogen) atoms. The van der Waals surface area contributed by atoms with E-state index in [2.05, 4.69) is 0 Å². The van der Waals surface area contributed by atoms with Gasteiger partial charge in [0, 0.05) is 12.6 Å². The van der Waals surface area contributed by atoms with Gasteiger partial charge in [-0.1, -0.05) is 19.9 Å². The Hall–Kier alpha value is -1.11. The van der Waals surface area contributed by atoms with Crippen molar-refractivity contribution in [3.63, 3.8) is 0 Å². The minimum absolute atomic E-state index is 0.0489. The van der Waals surface area contributed by atoms with Crippen LogP contribution in [0.4, 0.5) is 0 Å². The minimum atomic E-state index is -3.70. The van der Waals surface area contributed by atoms with E-state index in [4.69, 9.17) is 5.11 Å². The first-order chi connectivity index (χ1) is 8.97. The van der Waals surface area contributed by atoms with Crippen LogP contribution in [0, 0.1) is 0 Å². The number of sulfonamides is 1. The molecule has 0 unspecified atom stereocenters. The third-order valence-electron chi connectivity index (χ3n) is 3.09. The van der Waals surface area contributed by atoms with Gasteiger partial charge in [0.1, 0.15) is 5.75 Å². The Morgan fingerprint density at radius 2 is 1.89 bits per heavy atom. The summed E-state index contributed by atoms with van der Waals surface area (Å²) >= 11 is 0. The van der Waals surface area contributed by atoms with Crippen molar-refractivity contribution in [2.45, 2.75) is 37.6 Å². The molecule has 0 aliphatic rings. The van der Waals surface area contributed by atoms with Gasteiger partial charge >= 0.3 is 0 Å². The lowest BCUT2D eigenvalue weighted by Gasteiger charge is -2.29.